The molecule has 0 spiro atoms. The van der Waals surface area contributed by atoms with Gasteiger partial charge in [-0.2, -0.15) is 11.8 Å². The van der Waals surface area contributed by atoms with Crippen molar-refractivity contribution >= 4 is 23.6 Å². The normalized spacial score (nSPS) is 17.6. The minimum atomic E-state index is -0.449. The fraction of sp³-hybridized carbons (Fsp3) is 0.217. The van der Waals surface area contributed by atoms with Crippen LogP contribution in [0.3, 0.4) is 0 Å². The molecule has 142 valence electrons. The fourth-order valence-electron chi connectivity index (χ4n) is 3.46. The summed E-state index contributed by atoms with van der Waals surface area (Å²) < 4.78 is 5.94. The van der Waals surface area contributed by atoms with Crippen molar-refractivity contribution in [2.24, 2.45) is 0 Å². The van der Waals surface area contributed by atoms with Crippen LogP contribution in [0.5, 0.6) is 0 Å². The predicted octanol–water partition coefficient (Wildman–Crippen LogP) is 3.91. The van der Waals surface area contributed by atoms with Crippen molar-refractivity contribution < 1.29 is 14.3 Å². The molecule has 2 aromatic carbocycles. The molecule has 5 heteroatoms. The van der Waals surface area contributed by atoms with Crippen molar-refractivity contribution in [1.29, 1.82) is 0 Å². The summed E-state index contributed by atoms with van der Waals surface area (Å²) in [5.41, 5.74) is 3.08. The lowest BCUT2D eigenvalue weighted by Gasteiger charge is -2.27. The van der Waals surface area contributed by atoms with Gasteiger partial charge in [0.1, 0.15) is 0 Å². The monoisotopic (exact) mass is 391 g/mol. The fourth-order valence-corrected chi connectivity index (χ4v) is 4.29. The highest BCUT2D eigenvalue weighted by atomic mass is 32.2. The summed E-state index contributed by atoms with van der Waals surface area (Å²) in [6, 6.07) is 19.1. The first kappa shape index (κ1) is 18.7. The second-order valence-corrected chi connectivity index (χ2v) is 7.75. The average molecular weight is 391 g/mol. The van der Waals surface area contributed by atoms with Gasteiger partial charge >= 0.3 is 0 Å². The second-order valence-electron chi connectivity index (χ2n) is 6.72. The molecular weight excluding hydrogens is 370 g/mol. The van der Waals surface area contributed by atoms with E-state index in [1.807, 2.05) is 66.7 Å². The number of nitrogens with zero attached hydrogens (tertiary/aromatic N) is 1. The summed E-state index contributed by atoms with van der Waals surface area (Å²) in [5, 5.41) is 0. The maximum Gasteiger partial charge on any atom is 0.261 e. The minimum absolute atomic E-state index is 0.198. The van der Waals surface area contributed by atoms with Crippen molar-refractivity contribution in [1.82, 2.24) is 4.90 Å². The molecule has 0 aromatic heterocycles. The Morgan fingerprint density at radius 2 is 1.68 bits per heavy atom. The second kappa shape index (κ2) is 8.59. The van der Waals surface area contributed by atoms with Gasteiger partial charge in [-0.1, -0.05) is 72.8 Å². The van der Waals surface area contributed by atoms with Gasteiger partial charge in [0.15, 0.2) is 0 Å². The van der Waals surface area contributed by atoms with Crippen LogP contribution >= 0.6 is 11.8 Å². The van der Waals surface area contributed by atoms with Crippen LogP contribution in [0.1, 0.15) is 17.2 Å². The molecule has 0 unspecified atom stereocenters. The molecule has 4 rings (SSSR count). The molecule has 0 saturated carbocycles. The molecule has 0 saturated heterocycles. The van der Waals surface area contributed by atoms with Crippen LogP contribution < -0.4 is 0 Å². The maximum absolute atomic E-state index is 13.1. The lowest BCUT2D eigenvalue weighted by molar-refractivity contribution is -0.142. The van der Waals surface area contributed by atoms with E-state index in [9.17, 15) is 9.59 Å². The van der Waals surface area contributed by atoms with Gasteiger partial charge in [-0.05, 0) is 11.1 Å². The third-order valence-electron chi connectivity index (χ3n) is 4.88. The van der Waals surface area contributed by atoms with E-state index in [4.69, 9.17) is 4.74 Å². The number of imide groups is 1. The number of hydrogen-bond acceptors (Lipinski definition) is 4. The van der Waals surface area contributed by atoms with Crippen LogP contribution in [0.15, 0.2) is 84.0 Å². The SMILES string of the molecule is O=C1C2=C(CSCC=C2)C(=O)N1[C@@H](COCc1ccccc1)c1ccccc1. The zero-order chi connectivity index (χ0) is 19.3. The van der Waals surface area contributed by atoms with Crippen molar-refractivity contribution in [3.8, 4) is 0 Å². The number of carbonyl (C=O) groups excluding carboxylic acids is 2. The van der Waals surface area contributed by atoms with Gasteiger partial charge in [-0.25, -0.2) is 0 Å². The first-order chi connectivity index (χ1) is 13.8. The topological polar surface area (TPSA) is 46.6 Å². The number of rotatable bonds is 6. The van der Waals surface area contributed by atoms with Gasteiger partial charge in [0.25, 0.3) is 11.8 Å². The summed E-state index contributed by atoms with van der Waals surface area (Å²) in [6.45, 7) is 0.692. The zero-order valence-electron chi connectivity index (χ0n) is 15.4. The molecule has 2 amide bonds. The number of carbonyl (C=O) groups is 2. The smallest absolute Gasteiger partial charge is 0.261 e. The molecule has 2 aliphatic rings. The Balaban J connectivity index is 1.57. The van der Waals surface area contributed by atoms with Crippen LogP contribution in [0.2, 0.25) is 0 Å². The summed E-state index contributed by atoms with van der Waals surface area (Å²) in [4.78, 5) is 27.6. The standard InChI is InChI=1S/C23H21NO3S/c25-22-19-12-7-13-28-16-20(19)23(26)24(22)21(18-10-5-2-6-11-18)15-27-14-17-8-3-1-4-9-17/h1-12,21H,13-16H2/t21-/m0/s1. The van der Waals surface area contributed by atoms with E-state index in [0.29, 0.717) is 23.5 Å². The molecule has 2 heterocycles. The van der Waals surface area contributed by atoms with E-state index < -0.39 is 6.04 Å². The number of ether oxygens (including phenoxy) is 1. The van der Waals surface area contributed by atoms with Crippen LogP contribution in [0, 0.1) is 0 Å². The number of hydrogen-bond donors (Lipinski definition) is 0. The first-order valence-electron chi connectivity index (χ1n) is 9.27. The predicted molar refractivity (Wildman–Crippen MR) is 111 cm³/mol. The van der Waals surface area contributed by atoms with Gasteiger partial charge in [-0.3, -0.25) is 14.5 Å². The van der Waals surface area contributed by atoms with E-state index >= 15 is 0 Å². The molecule has 4 nitrogen and oxygen atoms in total. The highest BCUT2D eigenvalue weighted by Crippen LogP contribution is 2.34. The number of thioether (sulfide) groups is 1. The summed E-state index contributed by atoms with van der Waals surface area (Å²) in [6.07, 6.45) is 3.74. The highest BCUT2D eigenvalue weighted by molar-refractivity contribution is 7.99. The summed E-state index contributed by atoms with van der Waals surface area (Å²) >= 11 is 1.65. The molecule has 0 radical (unpaired) electrons. The van der Waals surface area contributed by atoms with Gasteiger partial charge < -0.3 is 4.74 Å². The molecule has 1 atom stereocenters. The van der Waals surface area contributed by atoms with Crippen LogP contribution in [0.25, 0.3) is 0 Å². The number of benzene rings is 2. The third-order valence-corrected chi connectivity index (χ3v) is 5.80. The van der Waals surface area contributed by atoms with Crippen molar-refractivity contribution in [3.63, 3.8) is 0 Å². The Kier molecular flexibility index (Phi) is 5.74. The van der Waals surface area contributed by atoms with Gasteiger partial charge in [0.05, 0.1) is 19.3 Å². The van der Waals surface area contributed by atoms with E-state index in [2.05, 4.69) is 0 Å². The average Bonchev–Trinajstić information content (AvgIpc) is 2.90. The molecule has 2 aromatic rings. The molecule has 0 N–H and O–H groups in total. The van der Waals surface area contributed by atoms with Crippen molar-refractivity contribution in [3.05, 3.63) is 95.1 Å². The lowest BCUT2D eigenvalue weighted by atomic mass is 10.1. The van der Waals surface area contributed by atoms with E-state index in [-0.39, 0.29) is 18.4 Å². The first-order valence-corrected chi connectivity index (χ1v) is 10.4. The van der Waals surface area contributed by atoms with Gasteiger partial charge in [0.2, 0.25) is 0 Å². The van der Waals surface area contributed by atoms with Crippen LogP contribution in [-0.2, 0) is 20.9 Å². The molecular formula is C23H21NO3S. The van der Waals surface area contributed by atoms with Crippen LogP contribution in [0.4, 0.5) is 0 Å². The molecule has 0 bridgehead atoms. The zero-order valence-corrected chi connectivity index (χ0v) is 16.2. The van der Waals surface area contributed by atoms with E-state index in [0.717, 1.165) is 16.9 Å². The van der Waals surface area contributed by atoms with E-state index in [1.54, 1.807) is 17.8 Å². The van der Waals surface area contributed by atoms with Gasteiger partial charge in [0, 0.05) is 22.7 Å². The molecule has 0 aliphatic carbocycles. The largest absolute Gasteiger partial charge is 0.374 e. The van der Waals surface area contributed by atoms with Crippen LogP contribution in [-0.4, -0.2) is 34.8 Å². The molecule has 0 fully saturated rings. The Morgan fingerprint density at radius 1 is 0.964 bits per heavy atom. The van der Waals surface area contributed by atoms with Crippen molar-refractivity contribution in [2.75, 3.05) is 18.1 Å². The van der Waals surface area contributed by atoms with Crippen molar-refractivity contribution in [2.45, 2.75) is 12.6 Å². The Hall–Kier alpha value is -2.63. The third kappa shape index (κ3) is 3.81. The Morgan fingerprint density at radius 3 is 2.43 bits per heavy atom. The molecule has 28 heavy (non-hydrogen) atoms. The summed E-state index contributed by atoms with van der Waals surface area (Å²) in [5.74, 6) is 0.957. The minimum Gasteiger partial charge on any atom is -0.374 e. The Bertz CT molecular complexity index is 921. The summed E-state index contributed by atoms with van der Waals surface area (Å²) in [7, 11) is 0. The van der Waals surface area contributed by atoms with E-state index in [1.165, 1.54) is 4.90 Å². The lowest BCUT2D eigenvalue weighted by Crippen LogP contribution is -2.38. The molecule has 2 aliphatic heterocycles. The Labute approximate surface area is 168 Å². The quantitative estimate of drug-likeness (QED) is 0.701. The maximum atomic E-state index is 13.1. The van der Waals surface area contributed by atoms with Gasteiger partial charge in [-0.15, -0.1) is 0 Å². The number of amides is 2. The highest BCUT2D eigenvalue weighted by Gasteiger charge is 2.41.